The SMILES string of the molecule is O=C1[C@@H](O)[C@@H](O)[C@H]([C@@H](COCc2ccccc2)OCc2ccccc2)N1Cc1ccccc1. The fraction of sp³-hybridized carbons (Fsp3) is 0.296. The van der Waals surface area contributed by atoms with E-state index in [2.05, 4.69) is 0 Å². The molecule has 1 fully saturated rings. The maximum Gasteiger partial charge on any atom is 0.254 e. The predicted molar refractivity (Wildman–Crippen MR) is 124 cm³/mol. The maximum absolute atomic E-state index is 12.8. The number of aliphatic hydroxyl groups excluding tert-OH is 2. The number of ether oxygens (including phenoxy) is 2. The van der Waals surface area contributed by atoms with Crippen LogP contribution in [-0.2, 0) is 34.0 Å². The van der Waals surface area contributed by atoms with Crippen molar-refractivity contribution in [2.75, 3.05) is 6.61 Å². The number of nitrogens with zero attached hydrogens (tertiary/aromatic N) is 1. The van der Waals surface area contributed by atoms with Crippen molar-refractivity contribution in [3.63, 3.8) is 0 Å². The molecule has 6 nitrogen and oxygen atoms in total. The topological polar surface area (TPSA) is 79.2 Å². The van der Waals surface area contributed by atoms with Gasteiger partial charge in [0.25, 0.3) is 5.91 Å². The molecule has 4 rings (SSSR count). The van der Waals surface area contributed by atoms with Gasteiger partial charge in [0, 0.05) is 6.54 Å². The first-order valence-electron chi connectivity index (χ1n) is 11.1. The van der Waals surface area contributed by atoms with E-state index >= 15 is 0 Å². The minimum atomic E-state index is -1.49. The summed E-state index contributed by atoms with van der Waals surface area (Å²) in [6, 6.07) is 28.2. The monoisotopic (exact) mass is 447 g/mol. The normalized spacial score (nSPS) is 21.3. The highest BCUT2D eigenvalue weighted by molar-refractivity contribution is 5.84. The smallest absolute Gasteiger partial charge is 0.254 e. The number of rotatable bonds is 10. The fourth-order valence-electron chi connectivity index (χ4n) is 4.11. The van der Waals surface area contributed by atoms with Gasteiger partial charge in [-0.3, -0.25) is 4.79 Å². The number of hydrogen-bond acceptors (Lipinski definition) is 5. The van der Waals surface area contributed by atoms with Crippen molar-refractivity contribution in [1.82, 2.24) is 4.90 Å². The fourth-order valence-corrected chi connectivity index (χ4v) is 4.11. The van der Waals surface area contributed by atoms with Crippen molar-refractivity contribution in [2.45, 2.75) is 44.1 Å². The summed E-state index contributed by atoms with van der Waals surface area (Å²) >= 11 is 0. The second kappa shape index (κ2) is 11.2. The number of aliphatic hydroxyl groups is 2. The van der Waals surface area contributed by atoms with Crippen LogP contribution in [0, 0.1) is 0 Å². The highest BCUT2D eigenvalue weighted by atomic mass is 16.5. The molecule has 172 valence electrons. The van der Waals surface area contributed by atoms with Crippen LogP contribution in [-0.4, -0.2) is 52.0 Å². The summed E-state index contributed by atoms with van der Waals surface area (Å²) in [5, 5.41) is 21.2. The third kappa shape index (κ3) is 5.86. The molecule has 6 heteroatoms. The summed E-state index contributed by atoms with van der Waals surface area (Å²) in [5.74, 6) is -0.507. The van der Waals surface area contributed by atoms with E-state index in [9.17, 15) is 15.0 Å². The number of hydrogen-bond donors (Lipinski definition) is 2. The minimum absolute atomic E-state index is 0.161. The van der Waals surface area contributed by atoms with E-state index in [1.54, 1.807) is 0 Å². The summed E-state index contributed by atoms with van der Waals surface area (Å²) in [7, 11) is 0. The molecule has 1 heterocycles. The third-order valence-corrected chi connectivity index (χ3v) is 5.85. The van der Waals surface area contributed by atoms with Crippen molar-refractivity contribution in [2.24, 2.45) is 0 Å². The molecule has 4 atom stereocenters. The van der Waals surface area contributed by atoms with Gasteiger partial charge in [-0.15, -0.1) is 0 Å². The predicted octanol–water partition coefficient (Wildman–Crippen LogP) is 2.92. The zero-order valence-electron chi connectivity index (χ0n) is 18.4. The summed E-state index contributed by atoms with van der Waals surface area (Å²) in [4.78, 5) is 14.3. The standard InChI is InChI=1S/C27H29NO5/c29-25-24(28(27(31)26(25)30)16-20-10-4-1-5-11-20)23(33-18-22-14-8-3-9-15-22)19-32-17-21-12-6-2-7-13-21/h1-15,23-26,29-30H,16-19H2/t23-,24+,25+,26+/m1/s1. The molecule has 0 saturated carbocycles. The van der Waals surface area contributed by atoms with Gasteiger partial charge in [0.1, 0.15) is 12.2 Å². The van der Waals surface area contributed by atoms with Gasteiger partial charge < -0.3 is 24.6 Å². The molecular formula is C27H29NO5. The van der Waals surface area contributed by atoms with Gasteiger partial charge in [0.05, 0.1) is 25.9 Å². The number of benzene rings is 3. The molecule has 0 aliphatic carbocycles. The average molecular weight is 448 g/mol. The van der Waals surface area contributed by atoms with E-state index in [0.717, 1.165) is 16.7 Å². The van der Waals surface area contributed by atoms with Crippen molar-refractivity contribution in [3.8, 4) is 0 Å². The van der Waals surface area contributed by atoms with Crippen LogP contribution in [0.2, 0.25) is 0 Å². The zero-order valence-corrected chi connectivity index (χ0v) is 18.4. The molecule has 0 unspecified atom stereocenters. The van der Waals surface area contributed by atoms with E-state index in [4.69, 9.17) is 9.47 Å². The van der Waals surface area contributed by atoms with E-state index in [-0.39, 0.29) is 13.2 Å². The first kappa shape index (κ1) is 23.1. The van der Waals surface area contributed by atoms with Gasteiger partial charge in [-0.2, -0.15) is 0 Å². The van der Waals surface area contributed by atoms with Crippen molar-refractivity contribution in [1.29, 1.82) is 0 Å². The van der Waals surface area contributed by atoms with Crippen LogP contribution in [0.25, 0.3) is 0 Å². The summed E-state index contributed by atoms with van der Waals surface area (Å²) < 4.78 is 12.1. The lowest BCUT2D eigenvalue weighted by molar-refractivity contribution is -0.138. The Labute approximate surface area is 194 Å². The lowest BCUT2D eigenvalue weighted by Crippen LogP contribution is -2.48. The van der Waals surface area contributed by atoms with Crippen LogP contribution >= 0.6 is 0 Å². The van der Waals surface area contributed by atoms with E-state index < -0.39 is 30.3 Å². The van der Waals surface area contributed by atoms with Gasteiger partial charge in [-0.1, -0.05) is 91.0 Å². The number of carbonyl (C=O) groups excluding carboxylic acids is 1. The third-order valence-electron chi connectivity index (χ3n) is 5.85. The molecule has 1 aliphatic rings. The van der Waals surface area contributed by atoms with Crippen LogP contribution in [0.1, 0.15) is 16.7 Å². The molecule has 3 aromatic carbocycles. The molecule has 0 radical (unpaired) electrons. The molecule has 2 N–H and O–H groups in total. The molecule has 1 saturated heterocycles. The van der Waals surface area contributed by atoms with Gasteiger partial charge in [-0.05, 0) is 16.7 Å². The molecule has 1 aliphatic heterocycles. The lowest BCUT2D eigenvalue weighted by Gasteiger charge is -2.33. The Morgan fingerprint density at radius 3 is 1.85 bits per heavy atom. The number of amides is 1. The van der Waals surface area contributed by atoms with Gasteiger partial charge in [0.2, 0.25) is 0 Å². The van der Waals surface area contributed by atoms with Crippen molar-refractivity contribution < 1.29 is 24.5 Å². The van der Waals surface area contributed by atoms with Crippen LogP contribution < -0.4 is 0 Å². The van der Waals surface area contributed by atoms with E-state index in [1.807, 2.05) is 91.0 Å². The molecular weight excluding hydrogens is 418 g/mol. The van der Waals surface area contributed by atoms with E-state index in [1.165, 1.54) is 4.90 Å². The van der Waals surface area contributed by atoms with Crippen LogP contribution in [0.3, 0.4) is 0 Å². The first-order chi connectivity index (χ1) is 16.1. The van der Waals surface area contributed by atoms with Crippen molar-refractivity contribution >= 4 is 5.91 Å². The average Bonchev–Trinajstić information content (AvgIpc) is 3.06. The van der Waals surface area contributed by atoms with Crippen LogP contribution in [0.4, 0.5) is 0 Å². The second-order valence-electron chi connectivity index (χ2n) is 8.21. The van der Waals surface area contributed by atoms with Gasteiger partial charge >= 0.3 is 0 Å². The lowest BCUT2D eigenvalue weighted by atomic mass is 10.0. The largest absolute Gasteiger partial charge is 0.388 e. The molecule has 3 aromatic rings. The second-order valence-corrected chi connectivity index (χ2v) is 8.21. The minimum Gasteiger partial charge on any atom is -0.388 e. The Bertz CT molecular complexity index is 999. The Hall–Kier alpha value is -3.03. The van der Waals surface area contributed by atoms with Crippen molar-refractivity contribution in [3.05, 3.63) is 108 Å². The first-order valence-corrected chi connectivity index (χ1v) is 11.1. The molecule has 1 amide bonds. The molecule has 0 spiro atoms. The maximum atomic E-state index is 12.8. The van der Waals surface area contributed by atoms with Crippen LogP contribution in [0.15, 0.2) is 91.0 Å². The Morgan fingerprint density at radius 1 is 0.758 bits per heavy atom. The number of likely N-dealkylation sites (tertiary alicyclic amines) is 1. The summed E-state index contributed by atoms with van der Waals surface area (Å²) in [6.07, 6.45) is -3.40. The Balaban J connectivity index is 1.52. The van der Waals surface area contributed by atoms with E-state index in [0.29, 0.717) is 13.2 Å². The zero-order chi connectivity index (χ0) is 23.0. The number of carbonyl (C=O) groups is 1. The highest BCUT2D eigenvalue weighted by Crippen LogP contribution is 2.27. The quantitative estimate of drug-likeness (QED) is 0.500. The Kier molecular flexibility index (Phi) is 7.86. The molecule has 0 aromatic heterocycles. The molecule has 33 heavy (non-hydrogen) atoms. The summed E-state index contributed by atoms with van der Waals surface area (Å²) in [5.41, 5.74) is 2.90. The highest BCUT2D eigenvalue weighted by Gasteiger charge is 2.50. The van der Waals surface area contributed by atoms with Crippen LogP contribution in [0.5, 0.6) is 0 Å². The summed E-state index contributed by atoms with van der Waals surface area (Å²) in [6.45, 7) is 1.11. The molecule has 0 bridgehead atoms. The van der Waals surface area contributed by atoms with Gasteiger partial charge in [0.15, 0.2) is 6.10 Å². The van der Waals surface area contributed by atoms with Gasteiger partial charge in [-0.25, -0.2) is 0 Å². The Morgan fingerprint density at radius 2 is 1.27 bits per heavy atom.